The average molecular weight is 166 g/mol. The molecule has 0 aliphatic carbocycles. The molecule has 0 radical (unpaired) electrons. The zero-order chi connectivity index (χ0) is 9.30. The summed E-state index contributed by atoms with van der Waals surface area (Å²) in [5, 5.41) is 0. The van der Waals surface area contributed by atoms with Crippen molar-refractivity contribution in [1.82, 2.24) is 0 Å². The van der Waals surface area contributed by atoms with E-state index in [9.17, 15) is 4.79 Å². The molecule has 0 aliphatic heterocycles. The molecule has 0 fully saturated rings. The van der Waals surface area contributed by atoms with Crippen LogP contribution in [-0.2, 0) is 6.42 Å². The Morgan fingerprint density at radius 3 is 2.17 bits per heavy atom. The summed E-state index contributed by atoms with van der Waals surface area (Å²) >= 11 is 0. The molecule has 0 N–H and O–H groups in total. The number of rotatable bonds is 2. The maximum atomic E-state index is 11.1. The number of furan rings is 1. The fourth-order valence-electron chi connectivity index (χ4n) is 1.33. The predicted molar refractivity (Wildman–Crippen MR) is 47.6 cm³/mol. The number of Topliss-reactive ketones (excluding diaryl/α,β-unsaturated/α-hetero) is 1. The second-order valence-electron chi connectivity index (χ2n) is 3.01. The van der Waals surface area contributed by atoms with Gasteiger partial charge in [0.2, 0.25) is 0 Å². The van der Waals surface area contributed by atoms with Crippen molar-refractivity contribution in [1.29, 1.82) is 0 Å². The van der Waals surface area contributed by atoms with E-state index in [1.165, 1.54) is 6.92 Å². The lowest BCUT2D eigenvalue weighted by atomic mass is 10.1. The topological polar surface area (TPSA) is 30.2 Å². The first-order chi connectivity index (χ1) is 5.57. The first kappa shape index (κ1) is 9.04. The van der Waals surface area contributed by atoms with Crippen LogP contribution in [0.4, 0.5) is 0 Å². The highest BCUT2D eigenvalue weighted by atomic mass is 16.3. The summed E-state index contributed by atoms with van der Waals surface area (Å²) in [6.45, 7) is 7.47. The van der Waals surface area contributed by atoms with Gasteiger partial charge in [0.15, 0.2) is 11.5 Å². The Morgan fingerprint density at radius 2 is 1.92 bits per heavy atom. The molecule has 12 heavy (non-hydrogen) atoms. The molecule has 2 nitrogen and oxygen atoms in total. The van der Waals surface area contributed by atoms with Crippen LogP contribution in [0.2, 0.25) is 0 Å². The van der Waals surface area contributed by atoms with Crippen LogP contribution in [0.1, 0.15) is 41.3 Å². The first-order valence-electron chi connectivity index (χ1n) is 4.17. The molecule has 0 saturated carbocycles. The standard InChI is InChI=1S/C10H14O2/c1-5-9-6(2)7(3)10(12-9)8(4)11/h5H2,1-4H3. The maximum Gasteiger partial charge on any atom is 0.195 e. The molecule has 0 saturated heterocycles. The molecule has 1 heterocycles. The summed E-state index contributed by atoms with van der Waals surface area (Å²) in [4.78, 5) is 11.1. The van der Waals surface area contributed by atoms with Crippen LogP contribution in [0.5, 0.6) is 0 Å². The van der Waals surface area contributed by atoms with Crippen molar-refractivity contribution in [2.45, 2.75) is 34.1 Å². The molecule has 2 heteroatoms. The minimum absolute atomic E-state index is 0.00954. The quantitative estimate of drug-likeness (QED) is 0.632. The fraction of sp³-hybridized carbons (Fsp3) is 0.500. The van der Waals surface area contributed by atoms with Crippen molar-refractivity contribution < 1.29 is 9.21 Å². The van der Waals surface area contributed by atoms with Gasteiger partial charge in [-0.15, -0.1) is 0 Å². The van der Waals surface area contributed by atoms with E-state index >= 15 is 0 Å². The van der Waals surface area contributed by atoms with Crippen molar-refractivity contribution in [3.63, 3.8) is 0 Å². The van der Waals surface area contributed by atoms with Crippen molar-refractivity contribution in [3.8, 4) is 0 Å². The van der Waals surface area contributed by atoms with Crippen LogP contribution >= 0.6 is 0 Å². The van der Waals surface area contributed by atoms with E-state index in [-0.39, 0.29) is 5.78 Å². The van der Waals surface area contributed by atoms with Gasteiger partial charge >= 0.3 is 0 Å². The average Bonchev–Trinajstić information content (AvgIpc) is 2.30. The molecule has 0 amide bonds. The second kappa shape index (κ2) is 3.13. The summed E-state index contributed by atoms with van der Waals surface area (Å²) in [7, 11) is 0. The number of carbonyl (C=O) groups is 1. The molecular weight excluding hydrogens is 152 g/mol. The Labute approximate surface area is 72.6 Å². The summed E-state index contributed by atoms with van der Waals surface area (Å²) < 4.78 is 5.41. The lowest BCUT2D eigenvalue weighted by molar-refractivity contribution is 0.0985. The maximum absolute atomic E-state index is 11.1. The largest absolute Gasteiger partial charge is 0.457 e. The molecule has 0 atom stereocenters. The van der Waals surface area contributed by atoms with Gasteiger partial charge in [-0.25, -0.2) is 0 Å². The minimum atomic E-state index is 0.00954. The minimum Gasteiger partial charge on any atom is -0.457 e. The van der Waals surface area contributed by atoms with E-state index in [2.05, 4.69) is 0 Å². The number of hydrogen-bond acceptors (Lipinski definition) is 2. The van der Waals surface area contributed by atoms with E-state index in [0.29, 0.717) is 5.76 Å². The fourth-order valence-corrected chi connectivity index (χ4v) is 1.33. The molecule has 1 aromatic rings. The third kappa shape index (κ3) is 1.29. The molecule has 0 bridgehead atoms. The van der Waals surface area contributed by atoms with Crippen LogP contribution in [0, 0.1) is 13.8 Å². The van der Waals surface area contributed by atoms with Gasteiger partial charge in [0.25, 0.3) is 0 Å². The smallest absolute Gasteiger partial charge is 0.195 e. The van der Waals surface area contributed by atoms with Gasteiger partial charge in [-0.05, 0) is 19.4 Å². The number of ketones is 1. The van der Waals surface area contributed by atoms with E-state index in [4.69, 9.17) is 4.42 Å². The molecule has 66 valence electrons. The van der Waals surface area contributed by atoms with Crippen LogP contribution < -0.4 is 0 Å². The Kier molecular flexibility index (Phi) is 2.36. The zero-order valence-electron chi connectivity index (χ0n) is 8.02. The Bertz CT molecular complexity index is 308. The second-order valence-corrected chi connectivity index (χ2v) is 3.01. The van der Waals surface area contributed by atoms with Gasteiger partial charge in [0, 0.05) is 18.9 Å². The monoisotopic (exact) mass is 166 g/mol. The van der Waals surface area contributed by atoms with E-state index < -0.39 is 0 Å². The number of aryl methyl sites for hydroxylation is 1. The summed E-state index contributed by atoms with van der Waals surface area (Å²) in [5.41, 5.74) is 2.10. The van der Waals surface area contributed by atoms with Crippen molar-refractivity contribution in [2.24, 2.45) is 0 Å². The third-order valence-electron chi connectivity index (χ3n) is 2.19. The molecule has 0 aliphatic rings. The Hall–Kier alpha value is -1.05. The highest BCUT2D eigenvalue weighted by Gasteiger charge is 2.14. The van der Waals surface area contributed by atoms with Gasteiger partial charge in [-0.1, -0.05) is 6.92 Å². The molecule has 0 aromatic carbocycles. The van der Waals surface area contributed by atoms with Gasteiger partial charge in [0.1, 0.15) is 5.76 Å². The molecule has 1 rings (SSSR count). The molecular formula is C10H14O2. The van der Waals surface area contributed by atoms with Gasteiger partial charge in [-0.2, -0.15) is 0 Å². The highest BCUT2D eigenvalue weighted by Crippen LogP contribution is 2.21. The summed E-state index contributed by atoms with van der Waals surface area (Å²) in [5.74, 6) is 1.46. The summed E-state index contributed by atoms with van der Waals surface area (Å²) in [6, 6.07) is 0. The van der Waals surface area contributed by atoms with Gasteiger partial charge < -0.3 is 4.42 Å². The SMILES string of the molecule is CCc1oc(C(C)=O)c(C)c1C. The van der Waals surface area contributed by atoms with E-state index in [1.807, 2.05) is 20.8 Å². The number of hydrogen-bond donors (Lipinski definition) is 0. The zero-order valence-corrected chi connectivity index (χ0v) is 8.02. The van der Waals surface area contributed by atoms with Crippen molar-refractivity contribution in [3.05, 3.63) is 22.6 Å². The van der Waals surface area contributed by atoms with Crippen LogP contribution in [0.25, 0.3) is 0 Å². The van der Waals surface area contributed by atoms with Crippen LogP contribution in [-0.4, -0.2) is 5.78 Å². The lowest BCUT2D eigenvalue weighted by Crippen LogP contribution is -1.91. The van der Waals surface area contributed by atoms with Crippen LogP contribution in [0.15, 0.2) is 4.42 Å². The Morgan fingerprint density at radius 1 is 1.33 bits per heavy atom. The lowest BCUT2D eigenvalue weighted by Gasteiger charge is -1.89. The van der Waals surface area contributed by atoms with Crippen molar-refractivity contribution >= 4 is 5.78 Å². The molecule has 1 aromatic heterocycles. The van der Waals surface area contributed by atoms with E-state index in [1.54, 1.807) is 0 Å². The normalized spacial score (nSPS) is 10.3. The highest BCUT2D eigenvalue weighted by molar-refractivity contribution is 5.93. The molecule has 0 unspecified atom stereocenters. The van der Waals surface area contributed by atoms with Crippen LogP contribution in [0.3, 0.4) is 0 Å². The van der Waals surface area contributed by atoms with Crippen molar-refractivity contribution in [2.75, 3.05) is 0 Å². The van der Waals surface area contributed by atoms with Gasteiger partial charge in [-0.3, -0.25) is 4.79 Å². The first-order valence-corrected chi connectivity index (χ1v) is 4.17. The predicted octanol–water partition coefficient (Wildman–Crippen LogP) is 2.66. The van der Waals surface area contributed by atoms with E-state index in [0.717, 1.165) is 23.3 Å². The molecule has 0 spiro atoms. The summed E-state index contributed by atoms with van der Waals surface area (Å²) in [6.07, 6.45) is 0.847. The van der Waals surface area contributed by atoms with Gasteiger partial charge in [0.05, 0.1) is 0 Å². The Balaban J connectivity index is 3.25. The number of carbonyl (C=O) groups excluding carboxylic acids is 1. The third-order valence-corrected chi connectivity index (χ3v) is 2.19.